The van der Waals surface area contributed by atoms with E-state index in [4.69, 9.17) is 20.9 Å². The Morgan fingerprint density at radius 2 is 1.83 bits per heavy atom. The molecule has 3 rings (SSSR count). The number of hydrogen-bond donors (Lipinski definition) is 0. The molecule has 0 bridgehead atoms. The van der Waals surface area contributed by atoms with Gasteiger partial charge in [-0.25, -0.2) is 0 Å². The molecule has 2 aromatic carbocycles. The molecule has 124 valence electrons. The number of rotatable bonds is 6. The van der Waals surface area contributed by atoms with E-state index in [9.17, 15) is 0 Å². The molecule has 0 saturated carbocycles. The van der Waals surface area contributed by atoms with Crippen LogP contribution in [0.1, 0.15) is 11.4 Å². The van der Waals surface area contributed by atoms with Gasteiger partial charge in [0.15, 0.2) is 5.82 Å². The van der Waals surface area contributed by atoms with Crippen molar-refractivity contribution in [3.8, 4) is 17.2 Å². The third-order valence-electron chi connectivity index (χ3n) is 3.61. The van der Waals surface area contributed by atoms with E-state index in [2.05, 4.69) is 15.0 Å². The lowest BCUT2D eigenvalue weighted by molar-refractivity contribution is 0.302. The number of halogens is 1. The van der Waals surface area contributed by atoms with Gasteiger partial charge in [-0.05, 0) is 42.9 Å². The van der Waals surface area contributed by atoms with Gasteiger partial charge in [-0.1, -0.05) is 35.0 Å². The lowest BCUT2D eigenvalue weighted by Crippen LogP contribution is -2.18. The first-order chi connectivity index (χ1) is 11.7. The second kappa shape index (κ2) is 7.47. The summed E-state index contributed by atoms with van der Waals surface area (Å²) >= 11 is 6.19. The monoisotopic (exact) mass is 343 g/mol. The Morgan fingerprint density at radius 3 is 2.54 bits per heavy atom. The predicted octanol–water partition coefficient (Wildman–Crippen LogP) is 4.03. The molecule has 0 amide bonds. The summed E-state index contributed by atoms with van der Waals surface area (Å²) < 4.78 is 10.5. The van der Waals surface area contributed by atoms with Gasteiger partial charge in [0.05, 0.1) is 13.7 Å². The molecule has 1 aromatic heterocycles. The molecule has 0 aliphatic heterocycles. The van der Waals surface area contributed by atoms with Crippen LogP contribution in [0, 0.1) is 0 Å². The van der Waals surface area contributed by atoms with Crippen molar-refractivity contribution in [3.63, 3.8) is 0 Å². The smallest absolute Gasteiger partial charge is 0.257 e. The summed E-state index contributed by atoms with van der Waals surface area (Å²) in [6.45, 7) is 1.29. The minimum atomic E-state index is 0.499. The quantitative estimate of drug-likeness (QED) is 0.676. The number of benzene rings is 2. The minimum absolute atomic E-state index is 0.499. The van der Waals surface area contributed by atoms with Gasteiger partial charge in [0.1, 0.15) is 5.75 Å². The van der Waals surface area contributed by atoms with E-state index in [0.29, 0.717) is 24.8 Å². The van der Waals surface area contributed by atoms with E-state index in [1.54, 1.807) is 7.11 Å². The summed E-state index contributed by atoms with van der Waals surface area (Å²) in [5.74, 6) is 1.92. The summed E-state index contributed by atoms with van der Waals surface area (Å²) in [4.78, 5) is 6.53. The van der Waals surface area contributed by atoms with E-state index in [1.165, 1.54) is 0 Å². The predicted molar refractivity (Wildman–Crippen MR) is 92.9 cm³/mol. The standard InChI is InChI=1S/C18H18ClN3O2/c1-22(11-14-5-3-4-6-16(14)19)12-17-20-18(24-21-17)13-7-9-15(23-2)10-8-13/h3-10H,11-12H2,1-2H3. The van der Waals surface area contributed by atoms with E-state index in [1.807, 2.05) is 55.6 Å². The van der Waals surface area contributed by atoms with Crippen molar-refractivity contribution in [3.05, 3.63) is 64.9 Å². The van der Waals surface area contributed by atoms with Crippen LogP contribution in [0.25, 0.3) is 11.5 Å². The Balaban J connectivity index is 1.66. The number of hydrogen-bond acceptors (Lipinski definition) is 5. The van der Waals surface area contributed by atoms with Gasteiger partial charge in [-0.3, -0.25) is 4.90 Å². The lowest BCUT2D eigenvalue weighted by Gasteiger charge is -2.15. The summed E-state index contributed by atoms with van der Waals surface area (Å²) in [6.07, 6.45) is 0. The largest absolute Gasteiger partial charge is 0.497 e. The summed E-state index contributed by atoms with van der Waals surface area (Å²) in [6, 6.07) is 15.3. The van der Waals surface area contributed by atoms with E-state index < -0.39 is 0 Å². The van der Waals surface area contributed by atoms with Crippen LogP contribution in [0.15, 0.2) is 53.1 Å². The maximum atomic E-state index is 6.19. The highest BCUT2D eigenvalue weighted by Gasteiger charge is 2.12. The van der Waals surface area contributed by atoms with Crippen molar-refractivity contribution in [2.45, 2.75) is 13.1 Å². The molecule has 0 aliphatic rings. The van der Waals surface area contributed by atoms with Crippen molar-refractivity contribution >= 4 is 11.6 Å². The van der Waals surface area contributed by atoms with Crippen LogP contribution in [0.5, 0.6) is 5.75 Å². The molecule has 0 saturated heterocycles. The zero-order valence-corrected chi connectivity index (χ0v) is 14.3. The molecule has 0 aliphatic carbocycles. The number of nitrogens with zero attached hydrogens (tertiary/aromatic N) is 3. The molecule has 1 heterocycles. The van der Waals surface area contributed by atoms with Gasteiger partial charge < -0.3 is 9.26 Å². The zero-order chi connectivity index (χ0) is 16.9. The van der Waals surface area contributed by atoms with Crippen LogP contribution in [0.4, 0.5) is 0 Å². The van der Waals surface area contributed by atoms with Crippen LogP contribution < -0.4 is 4.74 Å². The molecule has 6 heteroatoms. The van der Waals surface area contributed by atoms with E-state index >= 15 is 0 Å². The Kier molecular flexibility index (Phi) is 5.13. The fourth-order valence-corrected chi connectivity index (χ4v) is 2.58. The van der Waals surface area contributed by atoms with Crippen LogP contribution >= 0.6 is 11.6 Å². The third-order valence-corrected chi connectivity index (χ3v) is 3.98. The SMILES string of the molecule is COc1ccc(-c2nc(CN(C)Cc3ccccc3Cl)no2)cc1. The number of aromatic nitrogens is 2. The maximum Gasteiger partial charge on any atom is 0.257 e. The molecule has 0 radical (unpaired) electrons. The highest BCUT2D eigenvalue weighted by atomic mass is 35.5. The lowest BCUT2D eigenvalue weighted by atomic mass is 10.2. The first-order valence-corrected chi connectivity index (χ1v) is 7.92. The highest BCUT2D eigenvalue weighted by molar-refractivity contribution is 6.31. The summed E-state index contributed by atoms with van der Waals surface area (Å²) in [5, 5.41) is 4.81. The second-order valence-corrected chi connectivity index (χ2v) is 5.92. The summed E-state index contributed by atoms with van der Waals surface area (Å²) in [5.41, 5.74) is 1.93. The van der Waals surface area contributed by atoms with Crippen molar-refractivity contribution in [1.82, 2.24) is 15.0 Å². The first kappa shape index (κ1) is 16.5. The van der Waals surface area contributed by atoms with Crippen LogP contribution in [-0.2, 0) is 13.1 Å². The molecule has 3 aromatic rings. The van der Waals surface area contributed by atoms with Crippen LogP contribution in [-0.4, -0.2) is 29.2 Å². The van der Waals surface area contributed by atoms with Gasteiger partial charge >= 0.3 is 0 Å². The van der Waals surface area contributed by atoms with Crippen LogP contribution in [0.3, 0.4) is 0 Å². The van der Waals surface area contributed by atoms with Gasteiger partial charge in [0, 0.05) is 17.1 Å². The molecule has 0 spiro atoms. The third kappa shape index (κ3) is 3.93. The first-order valence-electron chi connectivity index (χ1n) is 7.54. The molecule has 0 unspecified atom stereocenters. The molecular weight excluding hydrogens is 326 g/mol. The van der Waals surface area contributed by atoms with Gasteiger partial charge in [0.2, 0.25) is 0 Å². The average Bonchev–Trinajstić information content (AvgIpc) is 3.05. The Morgan fingerprint density at radius 1 is 1.08 bits per heavy atom. The Labute approximate surface area is 145 Å². The Bertz CT molecular complexity index is 802. The Hall–Kier alpha value is -2.37. The molecule has 0 N–H and O–H groups in total. The van der Waals surface area contributed by atoms with Crippen molar-refractivity contribution in [1.29, 1.82) is 0 Å². The molecule has 24 heavy (non-hydrogen) atoms. The fourth-order valence-electron chi connectivity index (χ4n) is 2.38. The van der Waals surface area contributed by atoms with E-state index in [-0.39, 0.29) is 0 Å². The number of methoxy groups -OCH3 is 1. The van der Waals surface area contributed by atoms with E-state index in [0.717, 1.165) is 21.9 Å². The van der Waals surface area contributed by atoms with Gasteiger partial charge in [-0.15, -0.1) is 0 Å². The fraction of sp³-hybridized carbons (Fsp3) is 0.222. The molecular formula is C18H18ClN3O2. The van der Waals surface area contributed by atoms with Crippen LogP contribution in [0.2, 0.25) is 5.02 Å². The molecule has 0 atom stereocenters. The highest BCUT2D eigenvalue weighted by Crippen LogP contribution is 2.21. The van der Waals surface area contributed by atoms with Gasteiger partial charge in [-0.2, -0.15) is 4.98 Å². The topological polar surface area (TPSA) is 51.4 Å². The van der Waals surface area contributed by atoms with Crippen molar-refractivity contribution < 1.29 is 9.26 Å². The van der Waals surface area contributed by atoms with Crippen molar-refractivity contribution in [2.75, 3.05) is 14.2 Å². The van der Waals surface area contributed by atoms with Crippen molar-refractivity contribution in [2.24, 2.45) is 0 Å². The van der Waals surface area contributed by atoms with Gasteiger partial charge in [0.25, 0.3) is 5.89 Å². The zero-order valence-electron chi connectivity index (χ0n) is 13.6. The minimum Gasteiger partial charge on any atom is -0.497 e. The molecule has 5 nitrogen and oxygen atoms in total. The molecule has 0 fully saturated rings. The second-order valence-electron chi connectivity index (χ2n) is 5.51. The normalized spacial score (nSPS) is 11.0. The summed E-state index contributed by atoms with van der Waals surface area (Å²) in [7, 11) is 3.63. The number of ether oxygens (including phenoxy) is 1. The average molecular weight is 344 g/mol. The maximum absolute atomic E-state index is 6.19.